The van der Waals surface area contributed by atoms with Gasteiger partial charge in [0.1, 0.15) is 5.82 Å². The van der Waals surface area contributed by atoms with Crippen molar-refractivity contribution in [2.45, 2.75) is 13.5 Å². The van der Waals surface area contributed by atoms with Crippen LogP contribution in [0.5, 0.6) is 0 Å². The summed E-state index contributed by atoms with van der Waals surface area (Å²) >= 11 is 1.72. The maximum atomic E-state index is 5.84. The first kappa shape index (κ1) is 9.98. The number of aryl methyl sites for hydroxylation is 1. The second kappa shape index (κ2) is 4.31. The fourth-order valence-corrected chi connectivity index (χ4v) is 1.97. The van der Waals surface area contributed by atoms with Gasteiger partial charge < -0.3 is 11.1 Å². The minimum atomic E-state index is 0.701. The lowest BCUT2D eigenvalue weighted by molar-refractivity contribution is 1.13. The number of hydrogen-bond donors (Lipinski definition) is 2. The van der Waals surface area contributed by atoms with Gasteiger partial charge in [-0.25, -0.2) is 4.98 Å². The Labute approximate surface area is 93.0 Å². The minimum absolute atomic E-state index is 0.701. The highest BCUT2D eigenvalue weighted by Gasteiger charge is 2.00. The number of aromatic nitrogens is 1. The van der Waals surface area contributed by atoms with Crippen LogP contribution in [-0.2, 0) is 6.54 Å². The molecule has 3 N–H and O–H groups in total. The van der Waals surface area contributed by atoms with Gasteiger partial charge in [0.2, 0.25) is 0 Å². The fourth-order valence-electron chi connectivity index (χ4n) is 1.32. The highest BCUT2D eigenvalue weighted by atomic mass is 32.1. The molecule has 2 rings (SSSR count). The Kier molecular flexibility index (Phi) is 2.87. The molecule has 0 unspecified atom stereocenters. The first-order chi connectivity index (χ1) is 7.25. The third kappa shape index (κ3) is 2.47. The smallest absolute Gasteiger partial charge is 0.149 e. The summed E-state index contributed by atoms with van der Waals surface area (Å²) in [7, 11) is 0. The molecule has 4 heteroatoms. The first-order valence-corrected chi connectivity index (χ1v) is 5.62. The Morgan fingerprint density at radius 3 is 3.07 bits per heavy atom. The second-order valence-electron chi connectivity index (χ2n) is 3.38. The Balaban J connectivity index is 2.05. The molecule has 2 aromatic heterocycles. The number of nitrogens with zero attached hydrogens (tertiary/aromatic N) is 1. The Hall–Kier alpha value is -1.55. The average molecular weight is 219 g/mol. The molecule has 0 aliphatic carbocycles. The molecule has 2 aromatic rings. The van der Waals surface area contributed by atoms with Gasteiger partial charge in [0, 0.05) is 11.1 Å². The van der Waals surface area contributed by atoms with Gasteiger partial charge in [-0.3, -0.25) is 0 Å². The van der Waals surface area contributed by atoms with Gasteiger partial charge in [-0.1, -0.05) is 6.07 Å². The summed E-state index contributed by atoms with van der Waals surface area (Å²) in [5, 5.41) is 5.28. The van der Waals surface area contributed by atoms with E-state index in [4.69, 9.17) is 5.73 Å². The van der Waals surface area contributed by atoms with Crippen LogP contribution in [0.3, 0.4) is 0 Å². The highest BCUT2D eigenvalue weighted by Crippen LogP contribution is 2.17. The largest absolute Gasteiger partial charge is 0.396 e. The zero-order chi connectivity index (χ0) is 10.7. The molecule has 0 atom stereocenters. The van der Waals surface area contributed by atoms with E-state index in [1.165, 1.54) is 4.88 Å². The number of nitrogens with two attached hydrogens (primary N) is 1. The molecule has 0 saturated heterocycles. The van der Waals surface area contributed by atoms with Crippen molar-refractivity contribution in [1.82, 2.24) is 4.98 Å². The van der Waals surface area contributed by atoms with E-state index in [1.54, 1.807) is 11.3 Å². The lowest BCUT2D eigenvalue weighted by Crippen LogP contribution is -2.03. The van der Waals surface area contributed by atoms with Crippen molar-refractivity contribution in [2.24, 2.45) is 0 Å². The van der Waals surface area contributed by atoms with Crippen LogP contribution in [0, 0.1) is 6.92 Å². The summed E-state index contributed by atoms with van der Waals surface area (Å²) in [6.07, 6.45) is 1.81. The molecule has 3 nitrogen and oxygen atoms in total. The summed E-state index contributed by atoms with van der Waals surface area (Å²) in [4.78, 5) is 5.52. The van der Waals surface area contributed by atoms with Crippen LogP contribution in [-0.4, -0.2) is 4.98 Å². The number of nitrogen functional groups attached to an aromatic ring is 1. The van der Waals surface area contributed by atoms with Crippen LogP contribution >= 0.6 is 11.3 Å². The zero-order valence-corrected chi connectivity index (χ0v) is 9.34. The molecule has 15 heavy (non-hydrogen) atoms. The zero-order valence-electron chi connectivity index (χ0n) is 8.53. The van der Waals surface area contributed by atoms with Gasteiger partial charge in [0.05, 0.1) is 12.2 Å². The number of thiophene rings is 1. The maximum absolute atomic E-state index is 5.84. The van der Waals surface area contributed by atoms with E-state index < -0.39 is 0 Å². The minimum Gasteiger partial charge on any atom is -0.396 e. The summed E-state index contributed by atoms with van der Waals surface area (Å²) in [5.74, 6) is 0.758. The number of nitrogens with one attached hydrogen (secondary N) is 1. The van der Waals surface area contributed by atoms with Crippen molar-refractivity contribution in [3.8, 4) is 0 Å². The monoisotopic (exact) mass is 219 g/mol. The molecule has 0 aliphatic heterocycles. The maximum Gasteiger partial charge on any atom is 0.149 e. The molecule has 0 fully saturated rings. The molecule has 0 spiro atoms. The molecule has 0 amide bonds. The summed E-state index contributed by atoms with van der Waals surface area (Å²) in [5.41, 5.74) is 7.62. The van der Waals surface area contributed by atoms with Gasteiger partial charge in [-0.15, -0.1) is 11.3 Å². The molecule has 0 radical (unpaired) electrons. The summed E-state index contributed by atoms with van der Waals surface area (Å²) in [6.45, 7) is 2.75. The van der Waals surface area contributed by atoms with E-state index in [-0.39, 0.29) is 0 Å². The standard InChI is InChI=1S/C11H13N3S/c1-8-5-10(12)11(13-6-8)14-7-9-3-2-4-15-9/h2-6H,7,12H2,1H3,(H,13,14). The van der Waals surface area contributed by atoms with Crippen molar-refractivity contribution in [1.29, 1.82) is 0 Å². The predicted octanol–water partition coefficient (Wildman–Crippen LogP) is 2.65. The normalized spacial score (nSPS) is 10.2. The lowest BCUT2D eigenvalue weighted by Gasteiger charge is -2.07. The second-order valence-corrected chi connectivity index (χ2v) is 4.42. The van der Waals surface area contributed by atoms with Gasteiger partial charge in [-0.2, -0.15) is 0 Å². The number of pyridine rings is 1. The van der Waals surface area contributed by atoms with E-state index in [1.807, 2.05) is 25.3 Å². The van der Waals surface area contributed by atoms with E-state index >= 15 is 0 Å². The predicted molar refractivity (Wildman–Crippen MR) is 65.0 cm³/mol. The van der Waals surface area contributed by atoms with Crippen molar-refractivity contribution >= 4 is 22.8 Å². The van der Waals surface area contributed by atoms with E-state index in [9.17, 15) is 0 Å². The van der Waals surface area contributed by atoms with Gasteiger partial charge >= 0.3 is 0 Å². The number of hydrogen-bond acceptors (Lipinski definition) is 4. The Morgan fingerprint density at radius 1 is 1.53 bits per heavy atom. The molecule has 0 aliphatic rings. The van der Waals surface area contributed by atoms with Crippen LogP contribution < -0.4 is 11.1 Å². The van der Waals surface area contributed by atoms with Gasteiger partial charge in [0.25, 0.3) is 0 Å². The van der Waals surface area contributed by atoms with Crippen LogP contribution in [0.15, 0.2) is 29.8 Å². The quantitative estimate of drug-likeness (QED) is 0.834. The van der Waals surface area contributed by atoms with Crippen molar-refractivity contribution in [2.75, 3.05) is 11.1 Å². The topological polar surface area (TPSA) is 50.9 Å². The molecular weight excluding hydrogens is 206 g/mol. The third-order valence-corrected chi connectivity index (χ3v) is 2.94. The molecule has 0 bridgehead atoms. The number of rotatable bonds is 3. The van der Waals surface area contributed by atoms with E-state index in [2.05, 4.69) is 21.7 Å². The molecule has 78 valence electrons. The Morgan fingerprint density at radius 2 is 2.40 bits per heavy atom. The SMILES string of the molecule is Cc1cnc(NCc2cccs2)c(N)c1. The summed E-state index contributed by atoms with van der Waals surface area (Å²) < 4.78 is 0. The van der Waals surface area contributed by atoms with Crippen molar-refractivity contribution < 1.29 is 0 Å². The molecule has 2 heterocycles. The first-order valence-electron chi connectivity index (χ1n) is 4.74. The third-order valence-electron chi connectivity index (χ3n) is 2.06. The van der Waals surface area contributed by atoms with Crippen molar-refractivity contribution in [3.05, 3.63) is 40.2 Å². The van der Waals surface area contributed by atoms with Crippen LogP contribution in [0.2, 0.25) is 0 Å². The average Bonchev–Trinajstić information content (AvgIpc) is 2.69. The lowest BCUT2D eigenvalue weighted by atomic mass is 10.3. The van der Waals surface area contributed by atoms with E-state index in [0.29, 0.717) is 5.69 Å². The van der Waals surface area contributed by atoms with Crippen LogP contribution in [0.25, 0.3) is 0 Å². The molecular formula is C11H13N3S. The summed E-state index contributed by atoms with van der Waals surface area (Å²) in [6, 6.07) is 6.04. The molecule has 0 saturated carbocycles. The van der Waals surface area contributed by atoms with Crippen LogP contribution in [0.4, 0.5) is 11.5 Å². The van der Waals surface area contributed by atoms with Gasteiger partial charge in [0.15, 0.2) is 0 Å². The van der Waals surface area contributed by atoms with Crippen molar-refractivity contribution in [3.63, 3.8) is 0 Å². The Bertz CT molecular complexity index is 437. The van der Waals surface area contributed by atoms with Gasteiger partial charge in [-0.05, 0) is 30.0 Å². The fraction of sp³-hybridized carbons (Fsp3) is 0.182. The van der Waals surface area contributed by atoms with E-state index in [0.717, 1.165) is 17.9 Å². The van der Waals surface area contributed by atoms with Crippen LogP contribution in [0.1, 0.15) is 10.4 Å². The number of anilines is 2. The molecule has 0 aromatic carbocycles. The highest BCUT2D eigenvalue weighted by molar-refractivity contribution is 7.09.